The standard InChI is InChI=1S/C20H22F2N6O.2H2/c1-20(29,11-4-5-11)15-10-28(8-7-23-15)19-14(22)9-13(21)17(25-19)16-12-3-2-6-24-18(12)27-26-16;;/h2-3,6,9,11,15,23,29H,4-5,7-8,10H2,1H3,(H,24,26,27);2*1H. The Labute approximate surface area is 169 Å². The van der Waals surface area contributed by atoms with Gasteiger partial charge in [-0.15, -0.1) is 0 Å². The molecule has 1 aliphatic carbocycles. The molecule has 3 aromatic rings. The Morgan fingerprint density at radius 3 is 2.93 bits per heavy atom. The number of anilines is 1. The van der Waals surface area contributed by atoms with Crippen molar-refractivity contribution in [3.8, 4) is 11.4 Å². The quantitative estimate of drug-likeness (QED) is 0.620. The first-order valence-corrected chi connectivity index (χ1v) is 9.81. The molecule has 4 heterocycles. The van der Waals surface area contributed by atoms with Crippen molar-refractivity contribution in [2.24, 2.45) is 5.92 Å². The first-order chi connectivity index (χ1) is 13.9. The zero-order valence-electron chi connectivity index (χ0n) is 16.0. The second-order valence-corrected chi connectivity index (χ2v) is 8.05. The van der Waals surface area contributed by atoms with Crippen LogP contribution in [0.4, 0.5) is 14.6 Å². The van der Waals surface area contributed by atoms with Crippen molar-refractivity contribution in [1.82, 2.24) is 25.5 Å². The number of aliphatic hydroxyl groups is 1. The number of pyridine rings is 2. The summed E-state index contributed by atoms with van der Waals surface area (Å²) in [6, 6.07) is 4.14. The van der Waals surface area contributed by atoms with Crippen molar-refractivity contribution in [2.45, 2.75) is 31.4 Å². The average Bonchev–Trinajstić information content (AvgIpc) is 3.50. The lowest BCUT2D eigenvalue weighted by molar-refractivity contribution is -0.00284. The van der Waals surface area contributed by atoms with Gasteiger partial charge >= 0.3 is 0 Å². The van der Waals surface area contributed by atoms with Gasteiger partial charge in [0.05, 0.1) is 17.3 Å². The van der Waals surface area contributed by atoms with Gasteiger partial charge in [-0.1, -0.05) is 0 Å². The smallest absolute Gasteiger partial charge is 0.181 e. The number of hydrogen-bond acceptors (Lipinski definition) is 6. The van der Waals surface area contributed by atoms with E-state index in [4.69, 9.17) is 0 Å². The second-order valence-electron chi connectivity index (χ2n) is 8.05. The van der Waals surface area contributed by atoms with Gasteiger partial charge in [0.15, 0.2) is 23.1 Å². The van der Waals surface area contributed by atoms with E-state index in [0.717, 1.165) is 18.9 Å². The molecule has 0 aromatic carbocycles. The Hall–Kier alpha value is -2.65. The fourth-order valence-corrected chi connectivity index (χ4v) is 4.17. The lowest BCUT2D eigenvalue weighted by Gasteiger charge is -2.42. The Morgan fingerprint density at radius 2 is 2.14 bits per heavy atom. The highest BCUT2D eigenvalue weighted by Crippen LogP contribution is 2.42. The number of aromatic nitrogens is 4. The van der Waals surface area contributed by atoms with Crippen LogP contribution in [-0.4, -0.2) is 56.5 Å². The highest BCUT2D eigenvalue weighted by molar-refractivity contribution is 5.89. The van der Waals surface area contributed by atoms with Gasteiger partial charge in [-0.3, -0.25) is 5.10 Å². The number of fused-ring (bicyclic) bond motifs is 1. The third-order valence-corrected chi connectivity index (χ3v) is 6.06. The highest BCUT2D eigenvalue weighted by Gasteiger charge is 2.47. The van der Waals surface area contributed by atoms with Crippen molar-refractivity contribution < 1.29 is 16.7 Å². The lowest BCUT2D eigenvalue weighted by atomic mass is 9.89. The Kier molecular flexibility index (Phi) is 4.25. The third kappa shape index (κ3) is 3.14. The summed E-state index contributed by atoms with van der Waals surface area (Å²) in [5.41, 5.74) is -0.0646. The molecule has 0 spiro atoms. The number of hydrogen-bond donors (Lipinski definition) is 3. The molecule has 0 bridgehead atoms. The topological polar surface area (TPSA) is 90.0 Å². The minimum absolute atomic E-state index is 0. The van der Waals surface area contributed by atoms with Crippen LogP contribution >= 0.6 is 0 Å². The van der Waals surface area contributed by atoms with E-state index >= 15 is 0 Å². The number of halogens is 2. The fourth-order valence-electron chi connectivity index (χ4n) is 4.17. The van der Waals surface area contributed by atoms with Gasteiger partial charge in [0.1, 0.15) is 5.69 Å². The molecule has 29 heavy (non-hydrogen) atoms. The summed E-state index contributed by atoms with van der Waals surface area (Å²) >= 11 is 0. The van der Waals surface area contributed by atoms with Gasteiger partial charge < -0.3 is 15.3 Å². The molecular weight excluding hydrogens is 378 g/mol. The molecule has 1 saturated heterocycles. The fraction of sp³-hybridized carbons (Fsp3) is 0.450. The van der Waals surface area contributed by atoms with Gasteiger partial charge in [0.25, 0.3) is 0 Å². The predicted molar refractivity (Wildman–Crippen MR) is 109 cm³/mol. The molecule has 3 N–H and O–H groups in total. The molecule has 1 saturated carbocycles. The van der Waals surface area contributed by atoms with E-state index in [1.165, 1.54) is 0 Å². The SMILES string of the molecule is CC(O)(C1CC1)C1CN(c2nc(-c3[nH]nc4ncccc34)c(F)cc2F)CCN1.[HH].[HH]. The van der Waals surface area contributed by atoms with E-state index in [1.54, 1.807) is 23.2 Å². The van der Waals surface area contributed by atoms with Crippen molar-refractivity contribution >= 4 is 16.9 Å². The van der Waals surface area contributed by atoms with Crippen LogP contribution in [0.5, 0.6) is 0 Å². The van der Waals surface area contributed by atoms with Crippen LogP contribution in [0.25, 0.3) is 22.4 Å². The maximum Gasteiger partial charge on any atom is 0.181 e. The van der Waals surface area contributed by atoms with E-state index in [-0.39, 0.29) is 26.3 Å². The van der Waals surface area contributed by atoms with Crippen LogP contribution in [0.1, 0.15) is 22.6 Å². The van der Waals surface area contributed by atoms with Crippen LogP contribution in [0.2, 0.25) is 0 Å². The molecule has 0 radical (unpaired) electrons. The van der Waals surface area contributed by atoms with Crippen LogP contribution in [0.15, 0.2) is 24.4 Å². The molecule has 0 amide bonds. The predicted octanol–water partition coefficient (Wildman–Crippen LogP) is 2.73. The highest BCUT2D eigenvalue weighted by atomic mass is 19.1. The molecule has 3 aromatic heterocycles. The third-order valence-electron chi connectivity index (χ3n) is 6.06. The van der Waals surface area contributed by atoms with Crippen molar-refractivity contribution in [3.63, 3.8) is 0 Å². The van der Waals surface area contributed by atoms with Crippen molar-refractivity contribution in [3.05, 3.63) is 36.0 Å². The molecular formula is C20H26F2N6O. The average molecular weight is 404 g/mol. The number of rotatable bonds is 4. The molecule has 2 aliphatic rings. The first-order valence-electron chi connectivity index (χ1n) is 9.81. The maximum atomic E-state index is 14.7. The summed E-state index contributed by atoms with van der Waals surface area (Å²) in [6.45, 7) is 3.31. The van der Waals surface area contributed by atoms with Crippen LogP contribution < -0.4 is 10.2 Å². The number of piperazine rings is 1. The first kappa shape index (κ1) is 18.4. The number of nitrogens with zero attached hydrogens (tertiary/aromatic N) is 4. The normalized spacial score (nSPS) is 22.1. The van der Waals surface area contributed by atoms with E-state index in [9.17, 15) is 13.9 Å². The van der Waals surface area contributed by atoms with E-state index in [0.29, 0.717) is 36.4 Å². The summed E-state index contributed by atoms with van der Waals surface area (Å²) in [7, 11) is 0. The van der Waals surface area contributed by atoms with Crippen molar-refractivity contribution in [1.29, 1.82) is 0 Å². The van der Waals surface area contributed by atoms with Crippen molar-refractivity contribution in [2.75, 3.05) is 24.5 Å². The van der Waals surface area contributed by atoms with E-state index < -0.39 is 17.2 Å². The Morgan fingerprint density at radius 1 is 1.31 bits per heavy atom. The number of aromatic amines is 1. The zero-order chi connectivity index (χ0) is 20.2. The Balaban J connectivity index is 0.00000136. The summed E-state index contributed by atoms with van der Waals surface area (Å²) < 4.78 is 29.3. The second kappa shape index (κ2) is 6.70. The summed E-state index contributed by atoms with van der Waals surface area (Å²) in [4.78, 5) is 10.2. The van der Waals surface area contributed by atoms with Gasteiger partial charge in [0, 0.05) is 40.1 Å². The molecule has 7 nitrogen and oxygen atoms in total. The van der Waals surface area contributed by atoms with Gasteiger partial charge in [-0.2, -0.15) is 5.10 Å². The van der Waals surface area contributed by atoms with Gasteiger partial charge in [0.2, 0.25) is 0 Å². The zero-order valence-corrected chi connectivity index (χ0v) is 16.0. The lowest BCUT2D eigenvalue weighted by Crippen LogP contribution is -2.61. The largest absolute Gasteiger partial charge is 0.388 e. The summed E-state index contributed by atoms with van der Waals surface area (Å²) in [5.74, 6) is -1.16. The Bertz CT molecular complexity index is 1080. The monoisotopic (exact) mass is 404 g/mol. The number of nitrogens with one attached hydrogen (secondary N) is 2. The van der Waals surface area contributed by atoms with E-state index in [2.05, 4.69) is 25.5 Å². The summed E-state index contributed by atoms with van der Waals surface area (Å²) in [5, 5.41) is 21.7. The van der Waals surface area contributed by atoms with Gasteiger partial charge in [-0.25, -0.2) is 18.7 Å². The van der Waals surface area contributed by atoms with E-state index in [1.807, 2.05) is 6.92 Å². The molecule has 2 fully saturated rings. The molecule has 5 rings (SSSR count). The minimum Gasteiger partial charge on any atom is -0.388 e. The molecule has 9 heteroatoms. The molecule has 156 valence electrons. The van der Waals surface area contributed by atoms with Gasteiger partial charge in [-0.05, 0) is 37.8 Å². The molecule has 2 atom stereocenters. The van der Waals surface area contributed by atoms with Crippen LogP contribution in [0.3, 0.4) is 0 Å². The van der Waals surface area contributed by atoms with Crippen LogP contribution in [0, 0.1) is 17.6 Å². The summed E-state index contributed by atoms with van der Waals surface area (Å²) in [6.07, 6.45) is 3.60. The number of H-pyrrole nitrogens is 1. The maximum absolute atomic E-state index is 14.7. The van der Waals surface area contributed by atoms with Crippen LogP contribution in [-0.2, 0) is 0 Å². The molecule has 1 aliphatic heterocycles. The minimum atomic E-state index is -0.872. The molecule has 2 unspecified atom stereocenters.